The summed E-state index contributed by atoms with van der Waals surface area (Å²) >= 11 is 1.29. The summed E-state index contributed by atoms with van der Waals surface area (Å²) in [7, 11) is 1.20. The highest BCUT2D eigenvalue weighted by Gasteiger charge is 2.68. The van der Waals surface area contributed by atoms with Gasteiger partial charge in [-0.15, -0.1) is 16.7 Å². The molecule has 4 rings (SSSR count). The van der Waals surface area contributed by atoms with Crippen LogP contribution < -0.4 is 0 Å². The molecule has 4 unspecified atom stereocenters. The van der Waals surface area contributed by atoms with Crippen LogP contribution in [0.3, 0.4) is 0 Å². The molecular weight excluding hydrogens is 424 g/mol. The molecule has 0 spiro atoms. The van der Waals surface area contributed by atoms with Gasteiger partial charge in [0.2, 0.25) is 5.91 Å². The van der Waals surface area contributed by atoms with Crippen molar-refractivity contribution in [1.29, 1.82) is 0 Å². The highest BCUT2D eigenvalue weighted by atomic mass is 32.2. The molecule has 3 fully saturated rings. The number of fused-ring (bicyclic) bond motifs is 1. The van der Waals surface area contributed by atoms with Crippen LogP contribution in [0.5, 0.6) is 0 Å². The summed E-state index contributed by atoms with van der Waals surface area (Å²) in [5.41, 5.74) is -2.05. The van der Waals surface area contributed by atoms with E-state index in [-0.39, 0.29) is 5.75 Å². The average Bonchev–Trinajstić information content (AvgIpc) is 2.93. The fraction of sp³-hybridized carbons (Fsp3) is 0.550. The molecule has 3 aliphatic rings. The molecule has 0 aliphatic carbocycles. The Kier molecular flexibility index (Phi) is 5.01. The molecule has 0 saturated carbocycles. The number of methoxy groups -OCH3 is 1. The van der Waals surface area contributed by atoms with Crippen molar-refractivity contribution in [1.82, 2.24) is 14.8 Å². The predicted molar refractivity (Wildman–Crippen MR) is 111 cm³/mol. The van der Waals surface area contributed by atoms with Crippen molar-refractivity contribution in [2.45, 2.75) is 55.5 Å². The van der Waals surface area contributed by atoms with Crippen molar-refractivity contribution in [3.05, 3.63) is 40.8 Å². The first-order valence-corrected chi connectivity index (χ1v) is 10.9. The largest absolute Gasteiger partial charge is 0.467 e. The summed E-state index contributed by atoms with van der Waals surface area (Å²) in [5, 5.41) is 14.4. The lowest BCUT2D eigenvalue weighted by Gasteiger charge is -2.59. The number of amides is 2. The Hall–Kier alpha value is -2.66. The van der Waals surface area contributed by atoms with Gasteiger partial charge in [-0.3, -0.25) is 9.59 Å². The number of carbonyl (C=O) groups excluding carboxylic acids is 3. The summed E-state index contributed by atoms with van der Waals surface area (Å²) in [6.07, 6.45) is 0. The second-order valence-corrected chi connectivity index (χ2v) is 9.72. The quantitative estimate of drug-likeness (QED) is 0.409. The number of carbonyl (C=O) groups is 3. The lowest BCUT2D eigenvalue weighted by atomic mass is 9.90. The molecule has 1 N–H and O–H groups in total. The Balaban J connectivity index is 1.70. The third-order valence-corrected chi connectivity index (χ3v) is 7.81. The minimum Gasteiger partial charge on any atom is -0.467 e. The van der Waals surface area contributed by atoms with Crippen LogP contribution in [-0.2, 0) is 19.1 Å². The molecule has 1 aromatic carbocycles. The van der Waals surface area contributed by atoms with Gasteiger partial charge in [0, 0.05) is 5.75 Å². The van der Waals surface area contributed by atoms with Crippen LogP contribution in [0.1, 0.15) is 32.4 Å². The number of thioether (sulfide) groups is 1. The molecule has 3 heterocycles. The van der Waals surface area contributed by atoms with Gasteiger partial charge in [-0.1, -0.05) is 30.3 Å². The minimum absolute atomic E-state index is 0.179. The first-order valence-electron chi connectivity index (χ1n) is 9.82. The molecule has 3 aliphatic heterocycles. The smallest absolute Gasteiger partial charge is 0.331 e. The van der Waals surface area contributed by atoms with Gasteiger partial charge in [-0.2, -0.15) is 0 Å². The molecule has 0 radical (unpaired) electrons. The fourth-order valence-corrected chi connectivity index (χ4v) is 6.21. The van der Waals surface area contributed by atoms with E-state index in [0.717, 1.165) is 0 Å². The summed E-state index contributed by atoms with van der Waals surface area (Å²) < 4.78 is 4.81. The Bertz CT molecular complexity index is 939. The highest BCUT2D eigenvalue weighted by molar-refractivity contribution is 8.00. The Morgan fingerprint density at radius 2 is 1.84 bits per heavy atom. The van der Waals surface area contributed by atoms with Gasteiger partial charge < -0.3 is 19.6 Å². The van der Waals surface area contributed by atoms with Gasteiger partial charge in [-0.05, 0) is 26.3 Å². The third-order valence-electron chi connectivity index (χ3n) is 6.24. The molecule has 1 aromatic rings. The number of hydrogen-bond donors (Lipinski definition) is 1. The number of aliphatic hydroxyl groups is 1. The van der Waals surface area contributed by atoms with Crippen molar-refractivity contribution in [3.63, 3.8) is 0 Å². The first kappa shape index (κ1) is 21.6. The summed E-state index contributed by atoms with van der Waals surface area (Å²) in [5.74, 6) is -1.43. The number of nitrogens with zero attached hydrogens (tertiary/aromatic N) is 4. The molecule has 0 aromatic heterocycles. The van der Waals surface area contributed by atoms with Gasteiger partial charge in [0.05, 0.1) is 12.4 Å². The van der Waals surface area contributed by atoms with Crippen LogP contribution in [0.15, 0.2) is 35.6 Å². The van der Waals surface area contributed by atoms with Crippen LogP contribution >= 0.6 is 11.8 Å². The summed E-state index contributed by atoms with van der Waals surface area (Å²) in [4.78, 5) is 53.5. The number of benzene rings is 1. The van der Waals surface area contributed by atoms with E-state index >= 15 is 0 Å². The fourth-order valence-electron chi connectivity index (χ4n) is 4.74. The zero-order valence-electron chi connectivity index (χ0n) is 17.6. The summed E-state index contributed by atoms with van der Waals surface area (Å²) in [6, 6.07) is 5.77. The Morgan fingerprint density at radius 3 is 2.42 bits per heavy atom. The molecule has 3 saturated heterocycles. The van der Waals surface area contributed by atoms with E-state index in [9.17, 15) is 24.4 Å². The average molecular weight is 449 g/mol. The summed E-state index contributed by atoms with van der Waals surface area (Å²) in [6.45, 7) is 4.80. The maximum Gasteiger partial charge on any atom is 0.331 e. The first-order chi connectivity index (χ1) is 14.6. The maximum atomic E-state index is 13.5. The number of β-lactam (4-membered cyclic amide) rings is 1. The van der Waals surface area contributed by atoms with Gasteiger partial charge >= 0.3 is 5.97 Å². The second-order valence-electron chi connectivity index (χ2n) is 8.62. The van der Waals surface area contributed by atoms with E-state index in [1.165, 1.54) is 40.6 Å². The van der Waals surface area contributed by atoms with E-state index in [2.05, 4.69) is 5.29 Å². The highest BCUT2D eigenvalue weighted by Crippen LogP contribution is 2.50. The zero-order chi connectivity index (χ0) is 22.7. The van der Waals surface area contributed by atoms with Crippen molar-refractivity contribution < 1.29 is 24.2 Å². The number of nitroso groups, excluding NO2 is 1. The second kappa shape index (κ2) is 7.20. The maximum absolute atomic E-state index is 13.5. The van der Waals surface area contributed by atoms with Crippen molar-refractivity contribution in [2.75, 3.05) is 12.9 Å². The molecule has 11 heteroatoms. The standard InChI is InChI=1S/C20H24N4O6S/c1-19(2)23(16(26)12(24(19)21-29)11-8-6-5-7-9-11)13-15(25)22-14(18(27)30-4)20(3,28)10-31-17(13)22/h5-9,12-14,17,28H,10H2,1-4H3/t12?,13?,14?,17-,20?/m1/s1. The number of rotatable bonds is 4. The third kappa shape index (κ3) is 2.93. The van der Waals surface area contributed by atoms with Crippen molar-refractivity contribution >= 4 is 29.5 Å². The van der Waals surface area contributed by atoms with Crippen molar-refractivity contribution in [3.8, 4) is 0 Å². The number of ether oxygens (including phenoxy) is 1. The minimum atomic E-state index is -1.47. The van der Waals surface area contributed by atoms with Crippen LogP contribution in [0, 0.1) is 4.91 Å². The zero-order valence-corrected chi connectivity index (χ0v) is 18.4. The van der Waals surface area contributed by atoms with E-state index in [0.29, 0.717) is 5.56 Å². The molecule has 0 bridgehead atoms. The SMILES string of the molecule is COC(=O)C1N2C(=O)C(N3C(=O)C(c4ccccc4)N(N=O)C3(C)C)[C@H]2SCC1(C)O. The van der Waals surface area contributed by atoms with E-state index in [4.69, 9.17) is 4.74 Å². The van der Waals surface area contributed by atoms with E-state index < -0.39 is 52.5 Å². The molecule has 31 heavy (non-hydrogen) atoms. The van der Waals surface area contributed by atoms with Gasteiger partial charge in [-0.25, -0.2) is 9.80 Å². The van der Waals surface area contributed by atoms with Gasteiger partial charge in [0.1, 0.15) is 22.7 Å². The van der Waals surface area contributed by atoms with E-state index in [1.807, 2.05) is 0 Å². The lowest BCUT2D eigenvalue weighted by Crippen LogP contribution is -2.80. The molecule has 166 valence electrons. The van der Waals surface area contributed by atoms with Gasteiger partial charge in [0.15, 0.2) is 12.1 Å². The number of hydrogen-bond acceptors (Lipinski definition) is 8. The normalized spacial score (nSPS) is 34.3. The topological polar surface area (TPSA) is 120 Å². The van der Waals surface area contributed by atoms with E-state index in [1.54, 1.807) is 44.2 Å². The van der Waals surface area contributed by atoms with Crippen LogP contribution in [0.4, 0.5) is 0 Å². The molecule has 2 amide bonds. The molecular formula is C20H24N4O6S. The Morgan fingerprint density at radius 1 is 1.19 bits per heavy atom. The van der Waals surface area contributed by atoms with Crippen molar-refractivity contribution in [2.24, 2.45) is 5.29 Å². The van der Waals surface area contributed by atoms with Gasteiger partial charge in [0.25, 0.3) is 5.91 Å². The van der Waals surface area contributed by atoms with Crippen LogP contribution in [0.25, 0.3) is 0 Å². The molecule has 5 atom stereocenters. The molecule has 10 nitrogen and oxygen atoms in total. The van der Waals surface area contributed by atoms with Crippen LogP contribution in [0.2, 0.25) is 0 Å². The number of esters is 1. The van der Waals surface area contributed by atoms with Crippen LogP contribution in [-0.4, -0.2) is 79.3 Å². The monoisotopic (exact) mass is 448 g/mol. The lowest BCUT2D eigenvalue weighted by molar-refractivity contribution is -0.185. The Labute approximate surface area is 183 Å². The predicted octanol–water partition coefficient (Wildman–Crippen LogP) is 0.866.